The lowest BCUT2D eigenvalue weighted by molar-refractivity contribution is -0.143. The molecule has 0 aromatic heterocycles. The van der Waals surface area contributed by atoms with Gasteiger partial charge in [0.2, 0.25) is 0 Å². The topological polar surface area (TPSA) is 26.3 Å². The number of hydrogen-bond donors (Lipinski definition) is 0. The van der Waals surface area contributed by atoms with Crippen LogP contribution in [0.4, 0.5) is 0 Å². The number of esters is 1. The minimum absolute atomic E-state index is 0.0769. The highest BCUT2D eigenvalue weighted by Gasteiger charge is 2.22. The van der Waals surface area contributed by atoms with Crippen molar-refractivity contribution in [3.8, 4) is 0 Å². The number of rotatable bonds is 4. The van der Waals surface area contributed by atoms with E-state index in [1.54, 1.807) is 0 Å². The van der Waals surface area contributed by atoms with E-state index < -0.39 is 0 Å². The van der Waals surface area contributed by atoms with Crippen LogP contribution in [0.25, 0.3) is 0 Å². The second-order valence-electron chi connectivity index (χ2n) is 3.92. The standard InChI is InChI=1S/C11H19BrO2/c1-2-11(13)14-8-7-9-5-3-4-6-10(9)12/h9-10H,2-8H2,1H3. The Morgan fingerprint density at radius 2 is 2.14 bits per heavy atom. The van der Waals surface area contributed by atoms with E-state index in [1.807, 2.05) is 6.92 Å². The molecule has 0 saturated heterocycles. The summed E-state index contributed by atoms with van der Waals surface area (Å²) in [4.78, 5) is 11.5. The fraction of sp³-hybridized carbons (Fsp3) is 0.909. The van der Waals surface area contributed by atoms with Crippen molar-refractivity contribution in [2.45, 2.75) is 50.3 Å². The van der Waals surface area contributed by atoms with Gasteiger partial charge in [0.15, 0.2) is 0 Å². The van der Waals surface area contributed by atoms with E-state index in [2.05, 4.69) is 15.9 Å². The van der Waals surface area contributed by atoms with E-state index >= 15 is 0 Å². The van der Waals surface area contributed by atoms with Gasteiger partial charge in [-0.1, -0.05) is 35.7 Å². The lowest BCUT2D eigenvalue weighted by atomic mass is 9.87. The molecule has 0 N–H and O–H groups in total. The predicted octanol–water partition coefficient (Wildman–Crippen LogP) is 3.28. The fourth-order valence-corrected chi connectivity index (χ4v) is 2.77. The Hall–Kier alpha value is -0.0500. The molecular weight excluding hydrogens is 244 g/mol. The van der Waals surface area contributed by atoms with Crippen molar-refractivity contribution in [3.63, 3.8) is 0 Å². The first-order chi connectivity index (χ1) is 6.74. The Balaban J connectivity index is 2.13. The molecule has 2 atom stereocenters. The molecule has 0 spiro atoms. The lowest BCUT2D eigenvalue weighted by Crippen LogP contribution is -2.21. The van der Waals surface area contributed by atoms with E-state index in [0.29, 0.717) is 23.8 Å². The summed E-state index contributed by atoms with van der Waals surface area (Å²) in [7, 11) is 0. The first-order valence-corrected chi connectivity index (χ1v) is 6.45. The van der Waals surface area contributed by atoms with Crippen molar-refractivity contribution >= 4 is 21.9 Å². The van der Waals surface area contributed by atoms with Gasteiger partial charge in [0, 0.05) is 11.2 Å². The van der Waals surface area contributed by atoms with Gasteiger partial charge in [-0.15, -0.1) is 0 Å². The lowest BCUT2D eigenvalue weighted by Gasteiger charge is -2.26. The van der Waals surface area contributed by atoms with Crippen molar-refractivity contribution in [1.82, 2.24) is 0 Å². The molecule has 0 radical (unpaired) electrons. The number of alkyl halides is 1. The van der Waals surface area contributed by atoms with Crippen LogP contribution < -0.4 is 0 Å². The largest absolute Gasteiger partial charge is 0.466 e. The molecule has 0 aromatic carbocycles. The molecule has 1 aliphatic carbocycles. The van der Waals surface area contributed by atoms with Crippen LogP contribution in [0.5, 0.6) is 0 Å². The van der Waals surface area contributed by atoms with E-state index in [4.69, 9.17) is 4.74 Å². The summed E-state index contributed by atoms with van der Waals surface area (Å²) in [5.41, 5.74) is 0. The normalized spacial score (nSPS) is 27.3. The summed E-state index contributed by atoms with van der Waals surface area (Å²) in [5.74, 6) is 0.625. The molecule has 0 aliphatic heterocycles. The zero-order valence-electron chi connectivity index (χ0n) is 8.80. The van der Waals surface area contributed by atoms with Crippen LogP contribution in [-0.4, -0.2) is 17.4 Å². The SMILES string of the molecule is CCC(=O)OCCC1CCCCC1Br. The van der Waals surface area contributed by atoms with Crippen LogP contribution in [0.15, 0.2) is 0 Å². The zero-order chi connectivity index (χ0) is 10.4. The van der Waals surface area contributed by atoms with Crippen molar-refractivity contribution < 1.29 is 9.53 Å². The van der Waals surface area contributed by atoms with Gasteiger partial charge in [-0.25, -0.2) is 0 Å². The summed E-state index contributed by atoms with van der Waals surface area (Å²) in [5, 5.41) is 0. The van der Waals surface area contributed by atoms with Crippen molar-refractivity contribution in [1.29, 1.82) is 0 Å². The molecule has 1 rings (SSSR count). The van der Waals surface area contributed by atoms with Crippen molar-refractivity contribution in [3.05, 3.63) is 0 Å². The number of carbonyl (C=O) groups excluding carboxylic acids is 1. The maximum Gasteiger partial charge on any atom is 0.305 e. The quantitative estimate of drug-likeness (QED) is 0.574. The van der Waals surface area contributed by atoms with E-state index in [-0.39, 0.29) is 5.97 Å². The molecule has 0 aromatic rings. The van der Waals surface area contributed by atoms with Crippen LogP contribution >= 0.6 is 15.9 Å². The molecule has 14 heavy (non-hydrogen) atoms. The maximum atomic E-state index is 10.9. The van der Waals surface area contributed by atoms with Crippen LogP contribution in [-0.2, 0) is 9.53 Å². The van der Waals surface area contributed by atoms with Gasteiger partial charge in [-0.3, -0.25) is 4.79 Å². The molecule has 2 unspecified atom stereocenters. The van der Waals surface area contributed by atoms with Crippen molar-refractivity contribution in [2.75, 3.05) is 6.61 Å². The predicted molar refractivity (Wildman–Crippen MR) is 60.5 cm³/mol. The Kier molecular flexibility index (Phi) is 5.53. The molecule has 82 valence electrons. The summed E-state index contributed by atoms with van der Waals surface area (Å²) in [6, 6.07) is 0. The van der Waals surface area contributed by atoms with Crippen LogP contribution in [0.2, 0.25) is 0 Å². The van der Waals surface area contributed by atoms with Gasteiger partial charge in [0.1, 0.15) is 0 Å². The van der Waals surface area contributed by atoms with Gasteiger partial charge >= 0.3 is 5.97 Å². The minimum Gasteiger partial charge on any atom is -0.466 e. The van der Waals surface area contributed by atoms with Gasteiger partial charge in [0.25, 0.3) is 0 Å². The Labute approximate surface area is 94.5 Å². The van der Waals surface area contributed by atoms with Crippen LogP contribution in [0.1, 0.15) is 45.4 Å². The van der Waals surface area contributed by atoms with Crippen LogP contribution in [0.3, 0.4) is 0 Å². The summed E-state index contributed by atoms with van der Waals surface area (Å²) >= 11 is 3.70. The van der Waals surface area contributed by atoms with Gasteiger partial charge in [-0.05, 0) is 25.2 Å². The first-order valence-electron chi connectivity index (χ1n) is 5.53. The number of carbonyl (C=O) groups is 1. The summed E-state index contributed by atoms with van der Waals surface area (Å²) < 4.78 is 5.08. The third kappa shape index (κ3) is 3.99. The molecule has 1 aliphatic rings. The van der Waals surface area contributed by atoms with E-state index in [0.717, 1.165) is 6.42 Å². The second kappa shape index (κ2) is 6.44. The minimum atomic E-state index is -0.0769. The third-order valence-electron chi connectivity index (χ3n) is 2.86. The first kappa shape index (κ1) is 12.0. The molecule has 3 heteroatoms. The Morgan fingerprint density at radius 1 is 1.43 bits per heavy atom. The molecular formula is C11H19BrO2. The zero-order valence-corrected chi connectivity index (χ0v) is 10.4. The smallest absolute Gasteiger partial charge is 0.305 e. The molecule has 1 fully saturated rings. The Bertz CT molecular complexity index is 182. The number of halogens is 1. The fourth-order valence-electron chi connectivity index (χ4n) is 1.91. The van der Waals surface area contributed by atoms with Crippen molar-refractivity contribution in [2.24, 2.45) is 5.92 Å². The molecule has 0 bridgehead atoms. The number of ether oxygens (including phenoxy) is 1. The Morgan fingerprint density at radius 3 is 2.79 bits per heavy atom. The molecule has 0 heterocycles. The highest BCUT2D eigenvalue weighted by atomic mass is 79.9. The highest BCUT2D eigenvalue weighted by Crippen LogP contribution is 2.31. The average Bonchev–Trinajstić information content (AvgIpc) is 2.20. The van der Waals surface area contributed by atoms with Gasteiger partial charge in [0.05, 0.1) is 6.61 Å². The van der Waals surface area contributed by atoms with E-state index in [9.17, 15) is 4.79 Å². The van der Waals surface area contributed by atoms with Gasteiger partial charge in [-0.2, -0.15) is 0 Å². The molecule has 1 saturated carbocycles. The maximum absolute atomic E-state index is 10.9. The molecule has 2 nitrogen and oxygen atoms in total. The second-order valence-corrected chi connectivity index (χ2v) is 5.10. The highest BCUT2D eigenvalue weighted by molar-refractivity contribution is 9.09. The van der Waals surface area contributed by atoms with E-state index in [1.165, 1.54) is 25.7 Å². The third-order valence-corrected chi connectivity index (χ3v) is 4.06. The summed E-state index contributed by atoms with van der Waals surface area (Å²) in [6.45, 7) is 2.43. The monoisotopic (exact) mass is 262 g/mol. The average molecular weight is 263 g/mol. The summed E-state index contributed by atoms with van der Waals surface area (Å²) in [6.07, 6.45) is 6.71. The molecule has 0 amide bonds. The van der Waals surface area contributed by atoms with Gasteiger partial charge < -0.3 is 4.74 Å². The number of hydrogen-bond acceptors (Lipinski definition) is 2. The van der Waals surface area contributed by atoms with Crippen LogP contribution in [0, 0.1) is 5.92 Å².